The van der Waals surface area contributed by atoms with Gasteiger partial charge in [-0.05, 0) is 49.7 Å². The van der Waals surface area contributed by atoms with Gasteiger partial charge in [-0.15, -0.1) is 11.3 Å². The Morgan fingerprint density at radius 2 is 1.96 bits per heavy atom. The summed E-state index contributed by atoms with van der Waals surface area (Å²) in [5, 5.41) is 3.54. The Morgan fingerprint density at radius 1 is 1.16 bits per heavy atom. The zero-order valence-corrected chi connectivity index (χ0v) is 15.4. The van der Waals surface area contributed by atoms with Crippen molar-refractivity contribution in [2.75, 3.05) is 11.9 Å². The van der Waals surface area contributed by atoms with Gasteiger partial charge in [-0.2, -0.15) is 0 Å². The summed E-state index contributed by atoms with van der Waals surface area (Å²) in [5.74, 6) is -0.427. The monoisotopic (exact) mass is 375 g/mol. The second kappa shape index (κ2) is 6.91. The number of aromatic nitrogens is 1. The first-order valence-electron chi connectivity index (χ1n) is 7.57. The Hall–Kier alpha value is -2.29. The van der Waals surface area contributed by atoms with Crippen LogP contribution in [0.3, 0.4) is 0 Å². The van der Waals surface area contributed by atoms with E-state index >= 15 is 0 Å². The van der Waals surface area contributed by atoms with E-state index in [2.05, 4.69) is 15.0 Å². The summed E-state index contributed by atoms with van der Waals surface area (Å²) in [4.78, 5) is 16.4. The van der Waals surface area contributed by atoms with Crippen LogP contribution in [0, 0.1) is 13.8 Å². The van der Waals surface area contributed by atoms with Crippen LogP contribution in [0.1, 0.15) is 10.6 Å². The molecule has 0 saturated carbocycles. The molecule has 0 saturated heterocycles. The summed E-state index contributed by atoms with van der Waals surface area (Å²) < 4.78 is 27.9. The number of nitrogens with zero attached hydrogens (tertiary/aromatic N) is 1. The highest BCUT2D eigenvalue weighted by atomic mass is 32.2. The molecule has 0 atom stereocenters. The summed E-state index contributed by atoms with van der Waals surface area (Å²) in [6.07, 6.45) is 0. The van der Waals surface area contributed by atoms with Crippen LogP contribution in [0.2, 0.25) is 0 Å². The molecule has 8 heteroatoms. The fraction of sp³-hybridized carbons (Fsp3) is 0.176. The third-order valence-corrected chi connectivity index (χ3v) is 5.83. The van der Waals surface area contributed by atoms with Crippen molar-refractivity contribution in [2.45, 2.75) is 18.7 Å². The van der Waals surface area contributed by atoms with Crippen molar-refractivity contribution < 1.29 is 13.2 Å². The van der Waals surface area contributed by atoms with E-state index < -0.39 is 15.9 Å². The lowest BCUT2D eigenvalue weighted by molar-refractivity contribution is -0.115. The summed E-state index contributed by atoms with van der Waals surface area (Å²) in [7, 11) is -3.77. The summed E-state index contributed by atoms with van der Waals surface area (Å²) in [6.45, 7) is 3.44. The van der Waals surface area contributed by atoms with Crippen LogP contribution in [0.15, 0.2) is 47.4 Å². The largest absolute Gasteiger partial charge is 0.325 e. The number of nitrogens with one attached hydrogen (secondary N) is 2. The highest BCUT2D eigenvalue weighted by Crippen LogP contribution is 2.24. The van der Waals surface area contributed by atoms with Gasteiger partial charge in [0.1, 0.15) is 0 Å². The molecule has 2 aromatic carbocycles. The van der Waals surface area contributed by atoms with Gasteiger partial charge < -0.3 is 5.32 Å². The summed E-state index contributed by atoms with van der Waals surface area (Å²) in [6, 6.07) is 12.0. The smallest absolute Gasteiger partial charge is 0.241 e. The van der Waals surface area contributed by atoms with Gasteiger partial charge in [0.15, 0.2) is 0 Å². The topological polar surface area (TPSA) is 88.2 Å². The van der Waals surface area contributed by atoms with E-state index in [1.807, 2.05) is 32.0 Å². The quantitative estimate of drug-likeness (QED) is 0.718. The van der Waals surface area contributed by atoms with Crippen molar-refractivity contribution in [2.24, 2.45) is 0 Å². The molecular weight excluding hydrogens is 358 g/mol. The molecule has 2 N–H and O–H groups in total. The lowest BCUT2D eigenvalue weighted by Crippen LogP contribution is -2.32. The number of thiazole rings is 1. The van der Waals surface area contributed by atoms with E-state index in [9.17, 15) is 13.2 Å². The number of sulfonamides is 1. The van der Waals surface area contributed by atoms with Crippen LogP contribution < -0.4 is 10.0 Å². The van der Waals surface area contributed by atoms with Crippen molar-refractivity contribution in [3.05, 3.63) is 53.0 Å². The van der Waals surface area contributed by atoms with Gasteiger partial charge in [-0.25, -0.2) is 18.1 Å². The Kier molecular flexibility index (Phi) is 4.85. The molecule has 0 aliphatic carbocycles. The zero-order valence-electron chi connectivity index (χ0n) is 13.7. The van der Waals surface area contributed by atoms with Crippen molar-refractivity contribution in [1.29, 1.82) is 0 Å². The predicted octanol–water partition coefficient (Wildman–Crippen LogP) is 2.83. The fourth-order valence-corrected chi connectivity index (χ4v) is 4.31. The molecule has 3 rings (SSSR count). The Morgan fingerprint density at radius 3 is 2.72 bits per heavy atom. The SMILES string of the molecule is Cc1cccc(NC(=O)CNS(=O)(=O)c2ccc3nc(C)sc3c2)c1. The first kappa shape index (κ1) is 17.5. The minimum atomic E-state index is -3.77. The predicted molar refractivity (Wildman–Crippen MR) is 99.4 cm³/mol. The summed E-state index contributed by atoms with van der Waals surface area (Å²) in [5.41, 5.74) is 2.40. The first-order chi connectivity index (χ1) is 11.8. The molecule has 1 amide bonds. The zero-order chi connectivity index (χ0) is 18.0. The summed E-state index contributed by atoms with van der Waals surface area (Å²) >= 11 is 1.43. The molecule has 0 aliphatic heterocycles. The molecule has 130 valence electrons. The van der Waals surface area contributed by atoms with Crippen LogP contribution in [-0.2, 0) is 14.8 Å². The minimum Gasteiger partial charge on any atom is -0.325 e. The maximum atomic E-state index is 12.4. The van der Waals surface area contributed by atoms with Crippen LogP contribution in [-0.4, -0.2) is 25.9 Å². The average Bonchev–Trinajstić information content (AvgIpc) is 2.92. The number of aryl methyl sites for hydroxylation is 2. The third-order valence-electron chi connectivity index (χ3n) is 3.50. The molecule has 1 aromatic heterocycles. The Bertz CT molecular complexity index is 1040. The van der Waals surface area contributed by atoms with Gasteiger partial charge in [-0.3, -0.25) is 4.79 Å². The molecule has 0 radical (unpaired) electrons. The molecule has 3 aromatic rings. The Balaban J connectivity index is 1.68. The fourth-order valence-electron chi connectivity index (χ4n) is 2.36. The maximum Gasteiger partial charge on any atom is 0.241 e. The molecule has 0 fully saturated rings. The van der Waals surface area contributed by atoms with Crippen LogP contribution >= 0.6 is 11.3 Å². The number of carbonyl (C=O) groups is 1. The number of benzene rings is 2. The van der Waals surface area contributed by atoms with Crippen molar-refractivity contribution >= 4 is 43.2 Å². The van der Waals surface area contributed by atoms with Gasteiger partial charge in [0.25, 0.3) is 0 Å². The molecular formula is C17H17N3O3S2. The molecule has 0 spiro atoms. The standard InChI is InChI=1S/C17H17N3O3S2/c1-11-4-3-5-13(8-11)20-17(21)10-18-25(22,23)14-6-7-15-16(9-14)24-12(2)19-15/h3-9,18H,10H2,1-2H3,(H,20,21). The Labute approximate surface area is 150 Å². The first-order valence-corrected chi connectivity index (χ1v) is 9.87. The molecule has 25 heavy (non-hydrogen) atoms. The third kappa shape index (κ3) is 4.22. The van der Waals surface area contributed by atoms with Crippen LogP contribution in [0.4, 0.5) is 5.69 Å². The number of amides is 1. The highest BCUT2D eigenvalue weighted by molar-refractivity contribution is 7.89. The van der Waals surface area contributed by atoms with E-state index in [4.69, 9.17) is 0 Å². The molecule has 1 heterocycles. The van der Waals surface area contributed by atoms with Crippen molar-refractivity contribution in [3.8, 4) is 0 Å². The van der Waals surface area contributed by atoms with Crippen LogP contribution in [0.25, 0.3) is 10.2 Å². The van der Waals surface area contributed by atoms with E-state index in [0.717, 1.165) is 20.8 Å². The lowest BCUT2D eigenvalue weighted by Gasteiger charge is -2.08. The molecule has 6 nitrogen and oxygen atoms in total. The number of hydrogen-bond donors (Lipinski definition) is 2. The van der Waals surface area contributed by atoms with Gasteiger partial charge in [0.05, 0.1) is 26.7 Å². The molecule has 0 aliphatic rings. The lowest BCUT2D eigenvalue weighted by atomic mass is 10.2. The van der Waals surface area contributed by atoms with Gasteiger partial charge in [-0.1, -0.05) is 12.1 Å². The number of fused-ring (bicyclic) bond motifs is 1. The number of carbonyl (C=O) groups excluding carboxylic acids is 1. The van der Waals surface area contributed by atoms with E-state index in [0.29, 0.717) is 5.69 Å². The van der Waals surface area contributed by atoms with E-state index in [-0.39, 0.29) is 11.4 Å². The van der Waals surface area contributed by atoms with Crippen molar-refractivity contribution in [3.63, 3.8) is 0 Å². The number of hydrogen-bond acceptors (Lipinski definition) is 5. The molecule has 0 unspecified atom stereocenters. The second-order valence-electron chi connectivity index (χ2n) is 5.60. The highest BCUT2D eigenvalue weighted by Gasteiger charge is 2.17. The van der Waals surface area contributed by atoms with Crippen LogP contribution in [0.5, 0.6) is 0 Å². The number of rotatable bonds is 5. The van der Waals surface area contributed by atoms with E-state index in [1.165, 1.54) is 17.4 Å². The molecule has 0 bridgehead atoms. The maximum absolute atomic E-state index is 12.4. The van der Waals surface area contributed by atoms with Crippen molar-refractivity contribution in [1.82, 2.24) is 9.71 Å². The normalized spacial score (nSPS) is 11.6. The van der Waals surface area contributed by atoms with Gasteiger partial charge in [0, 0.05) is 5.69 Å². The second-order valence-corrected chi connectivity index (χ2v) is 8.61. The van der Waals surface area contributed by atoms with E-state index in [1.54, 1.807) is 18.2 Å². The average molecular weight is 375 g/mol. The minimum absolute atomic E-state index is 0.118. The number of anilines is 1. The van der Waals surface area contributed by atoms with Gasteiger partial charge >= 0.3 is 0 Å². The van der Waals surface area contributed by atoms with Gasteiger partial charge in [0.2, 0.25) is 15.9 Å².